The van der Waals surface area contributed by atoms with Crippen molar-refractivity contribution in [2.45, 2.75) is 6.92 Å². The largest absolute Gasteiger partial charge is 0.367 e. The molecule has 0 atom stereocenters. The monoisotopic (exact) mass is 481 g/mol. The Labute approximate surface area is 204 Å². The van der Waals surface area contributed by atoms with Crippen molar-refractivity contribution in [3.05, 3.63) is 82.2 Å². The van der Waals surface area contributed by atoms with Crippen molar-refractivity contribution in [1.29, 1.82) is 0 Å². The van der Waals surface area contributed by atoms with Crippen LogP contribution >= 0.6 is 11.6 Å². The molecule has 0 unspecified atom stereocenters. The van der Waals surface area contributed by atoms with Gasteiger partial charge in [0.1, 0.15) is 5.82 Å². The minimum atomic E-state index is -0.364. The number of carbonyl (C=O) groups excluding carboxylic acids is 3. The maximum atomic E-state index is 12.9. The maximum Gasteiger partial charge on any atom is 0.258 e. The molecular weight excluding hydrogens is 454 g/mol. The van der Waals surface area contributed by atoms with Gasteiger partial charge < -0.3 is 25.8 Å². The summed E-state index contributed by atoms with van der Waals surface area (Å²) in [5, 5.41) is 9.27. The van der Waals surface area contributed by atoms with Gasteiger partial charge in [-0.2, -0.15) is 0 Å². The summed E-state index contributed by atoms with van der Waals surface area (Å²) in [6.07, 6.45) is 3.39. The van der Waals surface area contributed by atoms with Gasteiger partial charge in [-0.1, -0.05) is 23.2 Å². The second kappa shape index (κ2) is 11.0. The molecule has 3 N–H and O–H groups in total. The summed E-state index contributed by atoms with van der Waals surface area (Å²) in [7, 11) is 5.35. The van der Waals surface area contributed by atoms with Crippen LogP contribution in [0.5, 0.6) is 0 Å². The zero-order chi connectivity index (χ0) is 24.8. The van der Waals surface area contributed by atoms with Gasteiger partial charge in [-0.05, 0) is 69.6 Å². The normalized spacial score (nSPS) is 12.9. The lowest BCUT2D eigenvalue weighted by molar-refractivity contribution is -0.118. The van der Waals surface area contributed by atoms with Gasteiger partial charge in [0.05, 0.1) is 24.3 Å². The first-order valence-electron chi connectivity index (χ1n) is 10.7. The van der Waals surface area contributed by atoms with E-state index in [1.807, 2.05) is 27.1 Å². The van der Waals surface area contributed by atoms with E-state index in [0.29, 0.717) is 39.9 Å². The van der Waals surface area contributed by atoms with E-state index in [4.69, 9.17) is 11.6 Å². The number of hydrogen-bond donors (Lipinski definition) is 3. The molecule has 1 aliphatic heterocycles. The van der Waals surface area contributed by atoms with E-state index in [9.17, 15) is 14.4 Å². The van der Waals surface area contributed by atoms with Crippen LogP contribution < -0.4 is 20.9 Å². The third-order valence-corrected chi connectivity index (χ3v) is 5.40. The number of benzene rings is 2. The third-order valence-electron chi connectivity index (χ3n) is 5.14. The summed E-state index contributed by atoms with van der Waals surface area (Å²) < 4.78 is 0. The Morgan fingerprint density at radius 3 is 2.29 bits per heavy atom. The minimum Gasteiger partial charge on any atom is -0.367 e. The van der Waals surface area contributed by atoms with Crippen LogP contribution in [0.2, 0.25) is 0 Å². The number of nitrogens with one attached hydrogen (secondary N) is 3. The Kier molecular flexibility index (Phi) is 8.09. The van der Waals surface area contributed by atoms with Crippen LogP contribution in [0.1, 0.15) is 26.3 Å². The predicted molar refractivity (Wildman–Crippen MR) is 135 cm³/mol. The lowest BCUT2D eigenvalue weighted by Gasteiger charge is -2.20. The number of carbonyl (C=O) groups is 3. The van der Waals surface area contributed by atoms with Gasteiger partial charge in [-0.15, -0.1) is 0 Å². The molecule has 0 bridgehead atoms. The molecule has 8 nitrogen and oxygen atoms in total. The fourth-order valence-electron chi connectivity index (χ4n) is 3.25. The molecule has 1 aliphatic rings. The molecule has 3 rings (SSSR count). The first-order chi connectivity index (χ1) is 16.1. The highest BCUT2D eigenvalue weighted by Gasteiger charge is 2.17. The molecule has 0 saturated carbocycles. The summed E-state index contributed by atoms with van der Waals surface area (Å²) in [6.45, 7) is 2.58. The molecule has 3 amide bonds. The molecule has 0 fully saturated rings. The zero-order valence-electron chi connectivity index (χ0n) is 19.6. The van der Waals surface area contributed by atoms with E-state index >= 15 is 0 Å². The first kappa shape index (κ1) is 25.0. The fraction of sp³-hybridized carbons (Fsp3) is 0.240. The second-order valence-corrected chi connectivity index (χ2v) is 8.73. The van der Waals surface area contributed by atoms with Gasteiger partial charge in [-0.3, -0.25) is 14.4 Å². The number of dihydropyridines is 1. The molecule has 2 aromatic rings. The Balaban J connectivity index is 1.73. The highest BCUT2D eigenvalue weighted by atomic mass is 35.5. The standard InChI is InChI=1S/C25H28ClN5O3/c1-16-5-11-21(20(13-16)25(34)29-22-12-8-18(26)14-27-22)28-24(33)17-6-9-19(10-7-17)31(4)23(32)15-30(2)3/h5-13,27H,14-15H2,1-4H3,(H,28,33)(H,29,34). The van der Waals surface area contributed by atoms with Crippen molar-refractivity contribution in [3.8, 4) is 0 Å². The Morgan fingerprint density at radius 1 is 0.971 bits per heavy atom. The number of amides is 3. The van der Waals surface area contributed by atoms with Crippen LogP contribution in [-0.4, -0.2) is 56.9 Å². The van der Waals surface area contributed by atoms with Crippen LogP contribution in [0.4, 0.5) is 11.4 Å². The Bertz CT molecular complexity index is 1160. The molecule has 1 heterocycles. The number of rotatable bonds is 7. The lowest BCUT2D eigenvalue weighted by atomic mass is 10.1. The molecule has 34 heavy (non-hydrogen) atoms. The molecule has 178 valence electrons. The molecule has 9 heteroatoms. The SMILES string of the molecule is Cc1ccc(NC(=O)c2ccc(N(C)C(=O)CN(C)C)cc2)c(C(=O)NC2=CC=C(Cl)CN2)c1. The summed E-state index contributed by atoms with van der Waals surface area (Å²) >= 11 is 5.93. The molecule has 0 saturated heterocycles. The number of aryl methyl sites for hydroxylation is 1. The number of anilines is 2. The van der Waals surface area contributed by atoms with Crippen molar-refractivity contribution >= 4 is 40.7 Å². The van der Waals surface area contributed by atoms with Gasteiger partial charge in [0.2, 0.25) is 5.91 Å². The predicted octanol–water partition coefficient (Wildman–Crippen LogP) is 3.07. The molecule has 0 aromatic heterocycles. The molecule has 0 radical (unpaired) electrons. The molecule has 0 aliphatic carbocycles. The van der Waals surface area contributed by atoms with E-state index in [1.54, 1.807) is 65.4 Å². The van der Waals surface area contributed by atoms with E-state index in [2.05, 4.69) is 16.0 Å². The fourth-order valence-corrected chi connectivity index (χ4v) is 3.38. The average Bonchev–Trinajstić information content (AvgIpc) is 2.80. The summed E-state index contributed by atoms with van der Waals surface area (Å²) in [5.41, 5.74) is 2.69. The molecular formula is C25H28ClN5O3. The highest BCUT2D eigenvalue weighted by Crippen LogP contribution is 2.20. The number of likely N-dealkylation sites (N-methyl/N-ethyl adjacent to an activating group) is 2. The molecule has 0 spiro atoms. The first-order valence-corrected chi connectivity index (χ1v) is 11.1. The van der Waals surface area contributed by atoms with Crippen molar-refractivity contribution in [1.82, 2.24) is 15.5 Å². The number of halogens is 1. The number of allylic oxidation sites excluding steroid dienone is 2. The third kappa shape index (κ3) is 6.46. The summed E-state index contributed by atoms with van der Waals surface area (Å²) in [6, 6.07) is 11.9. The van der Waals surface area contributed by atoms with Crippen LogP contribution in [0.3, 0.4) is 0 Å². The topological polar surface area (TPSA) is 93.8 Å². The van der Waals surface area contributed by atoms with Gasteiger partial charge in [-0.25, -0.2) is 0 Å². The quantitative estimate of drug-likeness (QED) is 0.565. The van der Waals surface area contributed by atoms with Crippen molar-refractivity contribution in [3.63, 3.8) is 0 Å². The van der Waals surface area contributed by atoms with E-state index < -0.39 is 0 Å². The second-order valence-electron chi connectivity index (χ2n) is 8.24. The highest BCUT2D eigenvalue weighted by molar-refractivity contribution is 6.30. The number of nitrogens with zero attached hydrogens (tertiary/aromatic N) is 2. The number of hydrogen-bond acceptors (Lipinski definition) is 5. The smallest absolute Gasteiger partial charge is 0.258 e. The van der Waals surface area contributed by atoms with Crippen LogP contribution in [-0.2, 0) is 4.79 Å². The van der Waals surface area contributed by atoms with Gasteiger partial charge in [0.15, 0.2) is 0 Å². The Morgan fingerprint density at radius 2 is 1.68 bits per heavy atom. The maximum absolute atomic E-state index is 12.9. The lowest BCUT2D eigenvalue weighted by Crippen LogP contribution is -2.35. The van der Waals surface area contributed by atoms with Gasteiger partial charge >= 0.3 is 0 Å². The summed E-state index contributed by atoms with van der Waals surface area (Å²) in [4.78, 5) is 41.4. The van der Waals surface area contributed by atoms with Crippen LogP contribution in [0.15, 0.2) is 65.5 Å². The zero-order valence-corrected chi connectivity index (χ0v) is 20.4. The summed E-state index contributed by atoms with van der Waals surface area (Å²) in [5.74, 6) is -0.258. The van der Waals surface area contributed by atoms with Crippen molar-refractivity contribution in [2.24, 2.45) is 0 Å². The molecule has 2 aromatic carbocycles. The van der Waals surface area contributed by atoms with Crippen molar-refractivity contribution in [2.75, 3.05) is 44.4 Å². The van der Waals surface area contributed by atoms with E-state index in [1.165, 1.54) is 0 Å². The average molecular weight is 482 g/mol. The Hall–Kier alpha value is -3.62. The minimum absolute atomic E-state index is 0.0576. The van der Waals surface area contributed by atoms with Crippen molar-refractivity contribution < 1.29 is 14.4 Å². The van der Waals surface area contributed by atoms with Gasteiger partial charge in [0.25, 0.3) is 11.8 Å². The van der Waals surface area contributed by atoms with Crippen LogP contribution in [0, 0.1) is 6.92 Å². The van der Waals surface area contributed by atoms with E-state index in [-0.39, 0.29) is 24.3 Å². The van der Waals surface area contributed by atoms with Crippen LogP contribution in [0.25, 0.3) is 0 Å². The van der Waals surface area contributed by atoms with Gasteiger partial charge in [0, 0.05) is 23.3 Å². The van der Waals surface area contributed by atoms with E-state index in [0.717, 1.165) is 5.56 Å².